The van der Waals surface area contributed by atoms with Crippen molar-refractivity contribution in [2.24, 2.45) is 0 Å². The number of halogens is 1. The summed E-state index contributed by atoms with van der Waals surface area (Å²) in [6, 6.07) is 13.9. The first-order valence-corrected chi connectivity index (χ1v) is 10.5. The van der Waals surface area contributed by atoms with E-state index in [1.54, 1.807) is 36.4 Å². The highest BCUT2D eigenvalue weighted by atomic mass is 19.1. The molecule has 1 aliphatic carbocycles. The van der Waals surface area contributed by atoms with Crippen LogP contribution in [-0.4, -0.2) is 55.5 Å². The summed E-state index contributed by atoms with van der Waals surface area (Å²) in [4.78, 5) is 29.1. The van der Waals surface area contributed by atoms with Gasteiger partial charge in [-0.3, -0.25) is 14.5 Å². The minimum Gasteiger partial charge on any atom is -0.370 e. The van der Waals surface area contributed by atoms with Gasteiger partial charge in [-0.15, -0.1) is 0 Å². The molecule has 30 heavy (non-hydrogen) atoms. The first-order chi connectivity index (χ1) is 14.6. The van der Waals surface area contributed by atoms with E-state index in [1.165, 1.54) is 12.1 Å². The molecule has 2 aliphatic rings. The van der Waals surface area contributed by atoms with Crippen molar-refractivity contribution in [1.29, 1.82) is 0 Å². The van der Waals surface area contributed by atoms with Crippen molar-refractivity contribution in [2.75, 3.05) is 42.9 Å². The zero-order chi connectivity index (χ0) is 20.9. The second-order valence-electron chi connectivity index (χ2n) is 7.97. The number of carbonyl (C=O) groups is 2. The van der Waals surface area contributed by atoms with Crippen LogP contribution in [-0.2, 0) is 4.79 Å². The normalized spacial score (nSPS) is 17.3. The molecular weight excluding hydrogens is 383 g/mol. The summed E-state index contributed by atoms with van der Waals surface area (Å²) in [6.45, 7) is 3.55. The molecule has 158 valence electrons. The number of hydrogen-bond donors (Lipinski definition) is 2. The largest absolute Gasteiger partial charge is 0.370 e. The van der Waals surface area contributed by atoms with Crippen molar-refractivity contribution in [3.05, 3.63) is 59.9 Å². The fourth-order valence-corrected chi connectivity index (χ4v) is 3.68. The number of rotatable bonds is 6. The third-order valence-electron chi connectivity index (χ3n) is 5.47. The summed E-state index contributed by atoms with van der Waals surface area (Å²) in [6.07, 6.45) is 3.01. The van der Waals surface area contributed by atoms with Gasteiger partial charge in [-0.2, -0.15) is 0 Å². The number of benzene rings is 2. The SMILES string of the molecule is O=C(CN1CCCN(c2ccc(F)cc2)CC1)Nc1cccc(C(=O)NC2CC2)c1. The highest BCUT2D eigenvalue weighted by Gasteiger charge is 2.24. The number of anilines is 2. The van der Waals surface area contributed by atoms with Gasteiger partial charge in [0, 0.05) is 49.2 Å². The van der Waals surface area contributed by atoms with Gasteiger partial charge in [-0.25, -0.2) is 4.39 Å². The van der Waals surface area contributed by atoms with Crippen LogP contribution in [0.25, 0.3) is 0 Å². The minimum atomic E-state index is -0.235. The van der Waals surface area contributed by atoms with Gasteiger partial charge >= 0.3 is 0 Å². The van der Waals surface area contributed by atoms with Crippen molar-refractivity contribution in [1.82, 2.24) is 10.2 Å². The second-order valence-corrected chi connectivity index (χ2v) is 7.97. The monoisotopic (exact) mass is 410 g/mol. The van der Waals surface area contributed by atoms with E-state index in [2.05, 4.69) is 20.4 Å². The van der Waals surface area contributed by atoms with Crippen LogP contribution in [0.4, 0.5) is 15.8 Å². The van der Waals surface area contributed by atoms with Crippen LogP contribution in [0, 0.1) is 5.82 Å². The highest BCUT2D eigenvalue weighted by Crippen LogP contribution is 2.20. The lowest BCUT2D eigenvalue weighted by Crippen LogP contribution is -2.36. The maximum absolute atomic E-state index is 13.2. The number of carbonyl (C=O) groups excluding carboxylic acids is 2. The maximum atomic E-state index is 13.2. The Morgan fingerprint density at radius 3 is 2.57 bits per heavy atom. The van der Waals surface area contributed by atoms with Crippen LogP contribution in [0.1, 0.15) is 29.6 Å². The molecule has 0 spiro atoms. The Labute approximate surface area is 176 Å². The van der Waals surface area contributed by atoms with Crippen LogP contribution in [0.3, 0.4) is 0 Å². The molecule has 0 unspecified atom stereocenters. The van der Waals surface area contributed by atoms with Gasteiger partial charge in [0.15, 0.2) is 0 Å². The number of nitrogens with one attached hydrogen (secondary N) is 2. The molecule has 7 heteroatoms. The van der Waals surface area contributed by atoms with Crippen molar-refractivity contribution in [3.8, 4) is 0 Å². The molecule has 1 saturated carbocycles. The molecule has 1 heterocycles. The summed E-state index contributed by atoms with van der Waals surface area (Å²) in [5, 5.41) is 5.87. The molecule has 0 aromatic heterocycles. The summed E-state index contributed by atoms with van der Waals surface area (Å²) >= 11 is 0. The van der Waals surface area contributed by atoms with E-state index in [0.29, 0.717) is 23.8 Å². The second kappa shape index (κ2) is 9.26. The average molecular weight is 410 g/mol. The van der Waals surface area contributed by atoms with E-state index in [9.17, 15) is 14.0 Å². The lowest BCUT2D eigenvalue weighted by molar-refractivity contribution is -0.117. The van der Waals surface area contributed by atoms with Gasteiger partial charge in [0.05, 0.1) is 6.54 Å². The Morgan fingerprint density at radius 1 is 1.00 bits per heavy atom. The number of nitrogens with zero attached hydrogens (tertiary/aromatic N) is 2. The summed E-state index contributed by atoms with van der Waals surface area (Å²) in [7, 11) is 0. The van der Waals surface area contributed by atoms with Gasteiger partial charge in [-0.05, 0) is 61.7 Å². The van der Waals surface area contributed by atoms with Gasteiger partial charge < -0.3 is 15.5 Å². The summed E-state index contributed by atoms with van der Waals surface area (Å²) in [5.74, 6) is -0.423. The molecule has 2 N–H and O–H groups in total. The van der Waals surface area contributed by atoms with Gasteiger partial charge in [0.1, 0.15) is 5.82 Å². The molecule has 4 rings (SSSR count). The molecular formula is C23H27FN4O2. The highest BCUT2D eigenvalue weighted by molar-refractivity contribution is 5.97. The Bertz CT molecular complexity index is 898. The number of hydrogen-bond acceptors (Lipinski definition) is 4. The van der Waals surface area contributed by atoms with E-state index in [-0.39, 0.29) is 17.6 Å². The Hall–Kier alpha value is -2.93. The molecule has 0 bridgehead atoms. The predicted molar refractivity (Wildman–Crippen MR) is 115 cm³/mol. The van der Waals surface area contributed by atoms with Crippen molar-refractivity contribution in [2.45, 2.75) is 25.3 Å². The molecule has 2 aromatic rings. The van der Waals surface area contributed by atoms with E-state index in [4.69, 9.17) is 0 Å². The standard InChI is InChI=1S/C23H27FN4O2/c24-18-5-9-21(10-6-18)28-12-2-11-27(13-14-28)16-22(29)25-20-4-1-3-17(15-20)23(30)26-19-7-8-19/h1,3-6,9-10,15,19H,2,7-8,11-14,16H2,(H,25,29)(H,26,30). The molecule has 0 radical (unpaired) electrons. The molecule has 6 nitrogen and oxygen atoms in total. The summed E-state index contributed by atoms with van der Waals surface area (Å²) < 4.78 is 13.2. The van der Waals surface area contributed by atoms with E-state index in [1.807, 2.05) is 0 Å². The molecule has 0 atom stereocenters. The summed E-state index contributed by atoms with van der Waals surface area (Å²) in [5.41, 5.74) is 2.19. The van der Waals surface area contributed by atoms with Crippen LogP contribution >= 0.6 is 0 Å². The Morgan fingerprint density at radius 2 is 1.80 bits per heavy atom. The van der Waals surface area contributed by atoms with Crippen molar-refractivity contribution >= 4 is 23.2 Å². The fraction of sp³-hybridized carbons (Fsp3) is 0.391. The van der Waals surface area contributed by atoms with Crippen molar-refractivity contribution in [3.63, 3.8) is 0 Å². The van der Waals surface area contributed by atoms with Crippen LogP contribution < -0.4 is 15.5 Å². The zero-order valence-electron chi connectivity index (χ0n) is 16.9. The third kappa shape index (κ3) is 5.57. The fourth-order valence-electron chi connectivity index (χ4n) is 3.68. The molecule has 1 saturated heterocycles. The van der Waals surface area contributed by atoms with E-state index >= 15 is 0 Å². The lowest BCUT2D eigenvalue weighted by atomic mass is 10.2. The zero-order valence-corrected chi connectivity index (χ0v) is 16.9. The van der Waals surface area contributed by atoms with Crippen LogP contribution in [0.5, 0.6) is 0 Å². The first kappa shape index (κ1) is 20.3. The predicted octanol–water partition coefficient (Wildman–Crippen LogP) is 2.87. The molecule has 2 aromatic carbocycles. The molecule has 1 aliphatic heterocycles. The minimum absolute atomic E-state index is 0.0926. The van der Waals surface area contributed by atoms with Crippen LogP contribution in [0.2, 0.25) is 0 Å². The Kier molecular flexibility index (Phi) is 6.28. The Balaban J connectivity index is 1.28. The van der Waals surface area contributed by atoms with Crippen molar-refractivity contribution < 1.29 is 14.0 Å². The van der Waals surface area contributed by atoms with Crippen LogP contribution in [0.15, 0.2) is 48.5 Å². The first-order valence-electron chi connectivity index (χ1n) is 10.5. The van der Waals surface area contributed by atoms with E-state index in [0.717, 1.165) is 51.1 Å². The number of amides is 2. The average Bonchev–Trinajstić information content (AvgIpc) is 3.56. The van der Waals surface area contributed by atoms with Gasteiger partial charge in [0.2, 0.25) is 5.91 Å². The topological polar surface area (TPSA) is 64.7 Å². The van der Waals surface area contributed by atoms with E-state index < -0.39 is 0 Å². The lowest BCUT2D eigenvalue weighted by Gasteiger charge is -2.23. The molecule has 2 fully saturated rings. The third-order valence-corrected chi connectivity index (χ3v) is 5.47. The quantitative estimate of drug-likeness (QED) is 0.769. The smallest absolute Gasteiger partial charge is 0.251 e. The van der Waals surface area contributed by atoms with Gasteiger partial charge in [0.25, 0.3) is 5.91 Å². The van der Waals surface area contributed by atoms with Gasteiger partial charge in [-0.1, -0.05) is 6.07 Å². The molecule has 2 amide bonds. The maximum Gasteiger partial charge on any atom is 0.251 e.